The van der Waals surface area contributed by atoms with Crippen molar-refractivity contribution in [3.05, 3.63) is 83.1 Å². The van der Waals surface area contributed by atoms with Crippen molar-refractivity contribution in [1.29, 1.82) is 0 Å². The van der Waals surface area contributed by atoms with Gasteiger partial charge in [0, 0.05) is 15.8 Å². The van der Waals surface area contributed by atoms with Crippen molar-refractivity contribution in [2.24, 2.45) is 0 Å². The van der Waals surface area contributed by atoms with E-state index >= 15 is 0 Å². The smallest absolute Gasteiger partial charge is 0.134 e. The van der Waals surface area contributed by atoms with E-state index in [4.69, 9.17) is 4.98 Å². The van der Waals surface area contributed by atoms with Crippen LogP contribution in [0, 0.1) is 0 Å². The number of benzene rings is 2. The molecule has 0 aliphatic carbocycles. The zero-order valence-electron chi connectivity index (χ0n) is 12.6. The molecule has 112 valence electrons. The lowest BCUT2D eigenvalue weighted by Gasteiger charge is -2.12. The van der Waals surface area contributed by atoms with Gasteiger partial charge < -0.3 is 5.32 Å². The van der Waals surface area contributed by atoms with Crippen LogP contribution in [0.4, 0.5) is 5.82 Å². The molecule has 1 N–H and O–H groups in total. The third kappa shape index (κ3) is 2.96. The van der Waals surface area contributed by atoms with E-state index in [0.29, 0.717) is 0 Å². The molecule has 0 saturated carbocycles. The number of aromatic nitrogens is 1. The lowest BCUT2D eigenvalue weighted by Crippen LogP contribution is -2.02. The summed E-state index contributed by atoms with van der Waals surface area (Å²) in [4.78, 5) is 6.15. The molecule has 0 saturated heterocycles. The number of hydrogen-bond donors (Lipinski definition) is 1. The molecule has 4 rings (SSSR count). The van der Waals surface area contributed by atoms with E-state index in [1.165, 1.54) is 10.4 Å². The monoisotopic (exact) mass is 316 g/mol. The average Bonchev–Trinajstić information content (AvgIpc) is 3.13. The quantitative estimate of drug-likeness (QED) is 0.532. The maximum absolute atomic E-state index is 4.84. The second kappa shape index (κ2) is 6.23. The third-order valence-corrected chi connectivity index (χ3v) is 4.70. The van der Waals surface area contributed by atoms with E-state index < -0.39 is 0 Å². The van der Waals surface area contributed by atoms with Crippen LogP contribution < -0.4 is 5.32 Å². The molecule has 3 heteroatoms. The van der Waals surface area contributed by atoms with E-state index in [1.807, 2.05) is 12.1 Å². The maximum Gasteiger partial charge on any atom is 0.134 e. The summed E-state index contributed by atoms with van der Waals surface area (Å²) >= 11 is 1.76. The molecule has 4 aromatic rings. The minimum Gasteiger partial charge on any atom is -0.365 e. The third-order valence-electron chi connectivity index (χ3n) is 3.82. The molecule has 0 radical (unpaired) electrons. The molecular formula is C20H16N2S. The van der Waals surface area contributed by atoms with Crippen molar-refractivity contribution >= 4 is 28.1 Å². The fourth-order valence-electron chi connectivity index (χ4n) is 2.67. The summed E-state index contributed by atoms with van der Waals surface area (Å²) in [5, 5.41) is 6.77. The number of pyridine rings is 1. The minimum absolute atomic E-state index is 0.794. The van der Waals surface area contributed by atoms with Crippen molar-refractivity contribution in [3.8, 4) is 11.1 Å². The number of fused-ring (bicyclic) bond motifs is 1. The van der Waals surface area contributed by atoms with Crippen LogP contribution in [-0.2, 0) is 6.54 Å². The molecule has 0 bridgehead atoms. The first-order valence-corrected chi connectivity index (χ1v) is 8.49. The fraction of sp³-hybridized carbons (Fsp3) is 0.0500. The van der Waals surface area contributed by atoms with Crippen molar-refractivity contribution in [2.45, 2.75) is 6.54 Å². The highest BCUT2D eigenvalue weighted by molar-refractivity contribution is 7.09. The van der Waals surface area contributed by atoms with Gasteiger partial charge in [0.15, 0.2) is 0 Å². The second-order valence-electron chi connectivity index (χ2n) is 5.38. The predicted molar refractivity (Wildman–Crippen MR) is 98.8 cm³/mol. The highest BCUT2D eigenvalue weighted by Crippen LogP contribution is 2.30. The van der Waals surface area contributed by atoms with Crippen LogP contribution in [0.1, 0.15) is 4.88 Å². The van der Waals surface area contributed by atoms with Crippen molar-refractivity contribution < 1.29 is 0 Å². The van der Waals surface area contributed by atoms with Crippen LogP contribution in [0.3, 0.4) is 0 Å². The Morgan fingerprint density at radius 3 is 2.52 bits per heavy atom. The molecule has 0 aliphatic rings. The molecule has 2 aromatic carbocycles. The predicted octanol–water partition coefficient (Wildman–Crippen LogP) is 5.58. The van der Waals surface area contributed by atoms with Gasteiger partial charge >= 0.3 is 0 Å². The summed E-state index contributed by atoms with van der Waals surface area (Å²) in [6.45, 7) is 0.794. The molecule has 2 nitrogen and oxygen atoms in total. The molecule has 2 heterocycles. The molecule has 0 atom stereocenters. The Morgan fingerprint density at radius 1 is 0.870 bits per heavy atom. The molecule has 2 aromatic heterocycles. The lowest BCUT2D eigenvalue weighted by atomic mass is 10.0. The van der Waals surface area contributed by atoms with E-state index in [2.05, 4.69) is 71.4 Å². The summed E-state index contributed by atoms with van der Waals surface area (Å²) in [6, 6.07) is 25.1. The van der Waals surface area contributed by atoms with Crippen LogP contribution in [0.2, 0.25) is 0 Å². The average molecular weight is 316 g/mol. The molecule has 0 aliphatic heterocycles. The van der Waals surface area contributed by atoms with Gasteiger partial charge in [-0.3, -0.25) is 0 Å². The van der Waals surface area contributed by atoms with Crippen LogP contribution in [0.25, 0.3) is 22.0 Å². The highest BCUT2D eigenvalue weighted by atomic mass is 32.1. The van der Waals surface area contributed by atoms with Crippen LogP contribution in [0.15, 0.2) is 78.2 Å². The molecule has 0 spiro atoms. The molecule has 0 amide bonds. The first-order valence-electron chi connectivity index (χ1n) is 7.61. The Morgan fingerprint density at radius 2 is 1.70 bits per heavy atom. The number of rotatable bonds is 4. The van der Waals surface area contributed by atoms with Gasteiger partial charge in [0.25, 0.3) is 0 Å². The number of anilines is 1. The molecule has 0 fully saturated rings. The number of para-hydroxylation sites is 1. The molecular weight excluding hydrogens is 300 g/mol. The summed E-state index contributed by atoms with van der Waals surface area (Å²) in [7, 11) is 0. The van der Waals surface area contributed by atoms with E-state index in [-0.39, 0.29) is 0 Å². The largest absolute Gasteiger partial charge is 0.365 e. The Balaban J connectivity index is 1.79. The summed E-state index contributed by atoms with van der Waals surface area (Å²) in [5.41, 5.74) is 3.33. The topological polar surface area (TPSA) is 24.9 Å². The van der Waals surface area contributed by atoms with Crippen molar-refractivity contribution in [1.82, 2.24) is 4.98 Å². The number of nitrogens with one attached hydrogen (secondary N) is 1. The van der Waals surface area contributed by atoms with E-state index in [1.54, 1.807) is 11.3 Å². The number of hydrogen-bond acceptors (Lipinski definition) is 3. The van der Waals surface area contributed by atoms with Crippen LogP contribution >= 0.6 is 11.3 Å². The molecule has 23 heavy (non-hydrogen) atoms. The van der Waals surface area contributed by atoms with Gasteiger partial charge in [-0.1, -0.05) is 54.6 Å². The first kappa shape index (κ1) is 14.0. The standard InChI is InChI=1S/C20H16N2S/c1-2-7-15(8-3-1)18-13-16-9-4-5-11-19(16)22-20(18)21-14-17-10-6-12-23-17/h1-13H,14H2,(H,21,22). The first-order chi connectivity index (χ1) is 11.4. The van der Waals surface area contributed by atoms with Crippen molar-refractivity contribution in [2.75, 3.05) is 5.32 Å². The maximum atomic E-state index is 4.84. The highest BCUT2D eigenvalue weighted by Gasteiger charge is 2.09. The van der Waals surface area contributed by atoms with Crippen molar-refractivity contribution in [3.63, 3.8) is 0 Å². The minimum atomic E-state index is 0.794. The van der Waals surface area contributed by atoms with Crippen LogP contribution in [-0.4, -0.2) is 4.98 Å². The van der Waals surface area contributed by atoms with Gasteiger partial charge in [-0.05, 0) is 29.1 Å². The summed E-state index contributed by atoms with van der Waals surface area (Å²) < 4.78 is 0. The molecule has 0 unspecified atom stereocenters. The zero-order chi connectivity index (χ0) is 15.5. The Bertz CT molecular complexity index is 915. The van der Waals surface area contributed by atoms with Crippen LogP contribution in [0.5, 0.6) is 0 Å². The Labute approximate surface area is 139 Å². The summed E-state index contributed by atoms with van der Waals surface area (Å²) in [6.07, 6.45) is 0. The van der Waals surface area contributed by atoms with Gasteiger partial charge in [-0.25, -0.2) is 4.98 Å². The SMILES string of the molecule is c1ccc(-c2cc3ccccc3nc2NCc2cccs2)cc1. The lowest BCUT2D eigenvalue weighted by molar-refractivity contribution is 1.16. The number of thiophene rings is 1. The van der Waals surface area contributed by atoms with Gasteiger partial charge in [0.2, 0.25) is 0 Å². The summed E-state index contributed by atoms with van der Waals surface area (Å²) in [5.74, 6) is 0.934. The van der Waals surface area contributed by atoms with Gasteiger partial charge in [-0.2, -0.15) is 0 Å². The Hall–Kier alpha value is -2.65. The van der Waals surface area contributed by atoms with E-state index in [0.717, 1.165) is 28.8 Å². The normalized spacial score (nSPS) is 10.8. The van der Waals surface area contributed by atoms with Gasteiger partial charge in [0.05, 0.1) is 12.1 Å². The second-order valence-corrected chi connectivity index (χ2v) is 6.41. The van der Waals surface area contributed by atoms with Gasteiger partial charge in [-0.15, -0.1) is 11.3 Å². The van der Waals surface area contributed by atoms with E-state index in [9.17, 15) is 0 Å². The Kier molecular flexibility index (Phi) is 3.78. The zero-order valence-corrected chi connectivity index (χ0v) is 13.4. The fourth-order valence-corrected chi connectivity index (χ4v) is 3.32. The number of nitrogens with zero attached hydrogens (tertiary/aromatic N) is 1. The van der Waals surface area contributed by atoms with Gasteiger partial charge in [0.1, 0.15) is 5.82 Å².